The lowest BCUT2D eigenvalue weighted by Gasteiger charge is -2.46. The van der Waals surface area contributed by atoms with Crippen LogP contribution in [-0.2, 0) is 42.7 Å². The molecule has 2 rings (SSSR count). The smallest absolute Gasteiger partial charge is 0.426 e. The first kappa shape index (κ1) is 26.7. The van der Waals surface area contributed by atoms with E-state index in [1.54, 1.807) is 0 Å². The van der Waals surface area contributed by atoms with Crippen LogP contribution in [0, 0.1) is 0 Å². The number of rotatable bonds is 8. The molecule has 0 aromatic carbocycles. The van der Waals surface area contributed by atoms with Crippen molar-refractivity contribution < 1.29 is 76.6 Å². The van der Waals surface area contributed by atoms with Crippen molar-refractivity contribution in [2.24, 2.45) is 0 Å². The van der Waals surface area contributed by atoms with Gasteiger partial charge < -0.3 is 50.2 Å². The van der Waals surface area contributed by atoms with Gasteiger partial charge in [-0.25, -0.2) is 14.2 Å². The van der Waals surface area contributed by atoms with E-state index in [2.05, 4.69) is 13.8 Å². The van der Waals surface area contributed by atoms with Crippen LogP contribution in [0.3, 0.4) is 0 Å². The second-order valence-electron chi connectivity index (χ2n) is 6.85. The van der Waals surface area contributed by atoms with Crippen LogP contribution < -0.4 is 5.32 Å². The van der Waals surface area contributed by atoms with E-state index in [-0.39, 0.29) is 0 Å². The molecule has 0 unspecified atom stereocenters. The number of carboxylic acid groups (broad SMARTS) is 1. The largest absolute Gasteiger partial charge is 0.479 e. The van der Waals surface area contributed by atoms with Crippen molar-refractivity contribution in [3.8, 4) is 0 Å². The number of ether oxygens (including phenoxy) is 3. The first-order valence-electron chi connectivity index (χ1n) is 8.88. The standard InChI is InChI=1S/C14H23NO16S/c1-3(17)15-5-10(9(30-32(25,26)31-24)4(2-16)27-13(5)23)28-14-8(20)6(18)7(19)11(29-14)12(21)22/h4-11,13-14,16,18-20,23-24H,2H2,1H3,(H,15,17)(H,21,22)/t4-,5-,6-,7-,8+,9+,10-,11-,13-,14+/m1/s1. The number of hydrogen-bond donors (Lipinski definition) is 8. The molecule has 0 radical (unpaired) electrons. The summed E-state index contributed by atoms with van der Waals surface area (Å²) < 4.78 is 46.3. The molecule has 0 aromatic rings. The molecule has 10 atom stereocenters. The maximum absolute atomic E-state index is 11.6. The highest BCUT2D eigenvalue weighted by molar-refractivity contribution is 7.81. The highest BCUT2D eigenvalue weighted by atomic mass is 32.3. The summed E-state index contributed by atoms with van der Waals surface area (Å²) in [4.78, 5) is 22.8. The molecule has 17 nitrogen and oxygen atoms in total. The van der Waals surface area contributed by atoms with Gasteiger partial charge in [-0.2, -0.15) is 8.42 Å². The Labute approximate surface area is 179 Å². The summed E-state index contributed by atoms with van der Waals surface area (Å²) in [6.07, 6.45) is -18.0. The van der Waals surface area contributed by atoms with Gasteiger partial charge in [-0.15, -0.1) is 0 Å². The zero-order valence-corrected chi connectivity index (χ0v) is 17.0. The summed E-state index contributed by atoms with van der Waals surface area (Å²) in [7, 11) is -5.16. The number of aliphatic hydroxyl groups is 5. The minimum atomic E-state index is -5.16. The molecule has 0 aliphatic carbocycles. The molecule has 0 saturated carbocycles. The van der Waals surface area contributed by atoms with E-state index < -0.39 is 90.2 Å². The van der Waals surface area contributed by atoms with E-state index in [1.165, 1.54) is 0 Å². The Kier molecular flexibility index (Phi) is 8.83. The van der Waals surface area contributed by atoms with Crippen LogP contribution in [-0.4, -0.2) is 124 Å². The van der Waals surface area contributed by atoms with Gasteiger partial charge in [0.2, 0.25) is 5.91 Å². The summed E-state index contributed by atoms with van der Waals surface area (Å²) in [5.41, 5.74) is 0. The normalized spacial score (nSPS) is 40.6. The van der Waals surface area contributed by atoms with E-state index in [0.717, 1.165) is 6.92 Å². The molecule has 2 heterocycles. The van der Waals surface area contributed by atoms with Gasteiger partial charge in [0.05, 0.1) is 6.61 Å². The summed E-state index contributed by atoms with van der Waals surface area (Å²) in [6, 6.07) is -1.67. The van der Waals surface area contributed by atoms with Crippen molar-refractivity contribution in [1.29, 1.82) is 0 Å². The van der Waals surface area contributed by atoms with Crippen LogP contribution >= 0.6 is 0 Å². The zero-order valence-electron chi connectivity index (χ0n) is 16.2. The number of aliphatic carboxylic acids is 1. The Morgan fingerprint density at radius 2 is 1.66 bits per heavy atom. The Morgan fingerprint density at radius 3 is 2.16 bits per heavy atom. The number of carbonyl (C=O) groups is 2. The summed E-state index contributed by atoms with van der Waals surface area (Å²) in [5, 5.41) is 69.3. The predicted octanol–water partition coefficient (Wildman–Crippen LogP) is -5.40. The molecule has 1 amide bonds. The van der Waals surface area contributed by atoms with E-state index >= 15 is 0 Å². The van der Waals surface area contributed by atoms with Crippen LogP contribution in [0.1, 0.15) is 6.92 Å². The van der Waals surface area contributed by atoms with Crippen LogP contribution in [0.5, 0.6) is 0 Å². The molecule has 32 heavy (non-hydrogen) atoms. The maximum atomic E-state index is 11.6. The van der Waals surface area contributed by atoms with Crippen molar-refractivity contribution in [2.75, 3.05) is 6.61 Å². The zero-order chi connectivity index (χ0) is 24.4. The lowest BCUT2D eigenvalue weighted by Crippen LogP contribution is -2.68. The van der Waals surface area contributed by atoms with Gasteiger partial charge in [0.25, 0.3) is 0 Å². The lowest BCUT2D eigenvalue weighted by molar-refractivity contribution is -0.335. The minimum Gasteiger partial charge on any atom is -0.479 e. The third-order valence-electron chi connectivity index (χ3n) is 4.64. The summed E-state index contributed by atoms with van der Waals surface area (Å²) in [6.45, 7) is 0.000370. The number of carboxylic acids is 1. The van der Waals surface area contributed by atoms with Gasteiger partial charge >= 0.3 is 16.4 Å². The lowest BCUT2D eigenvalue weighted by atomic mass is 9.95. The molecule has 0 aromatic heterocycles. The average Bonchev–Trinajstić information content (AvgIpc) is 2.71. The first-order chi connectivity index (χ1) is 14.8. The van der Waals surface area contributed by atoms with Crippen LogP contribution in [0.2, 0.25) is 0 Å². The van der Waals surface area contributed by atoms with Gasteiger partial charge in [-0.05, 0) is 0 Å². The van der Waals surface area contributed by atoms with Crippen LogP contribution in [0.4, 0.5) is 0 Å². The minimum absolute atomic E-state index is 0.794. The number of carbonyl (C=O) groups excluding carboxylic acids is 1. The van der Waals surface area contributed by atoms with Crippen molar-refractivity contribution in [3.05, 3.63) is 0 Å². The Hall–Kier alpha value is -1.55. The Bertz CT molecular complexity index is 777. The van der Waals surface area contributed by atoms with E-state index in [0.29, 0.717) is 0 Å². The van der Waals surface area contributed by atoms with Gasteiger partial charge in [-0.1, -0.05) is 4.33 Å². The van der Waals surface area contributed by atoms with Crippen LogP contribution in [0.15, 0.2) is 0 Å². The third-order valence-corrected chi connectivity index (χ3v) is 5.28. The number of aliphatic hydroxyl groups excluding tert-OH is 5. The topological polar surface area (TPSA) is 268 Å². The fourth-order valence-electron chi connectivity index (χ4n) is 3.21. The second kappa shape index (κ2) is 10.6. The number of amides is 1. The molecule has 0 spiro atoms. The van der Waals surface area contributed by atoms with E-state index in [9.17, 15) is 43.5 Å². The summed E-state index contributed by atoms with van der Waals surface area (Å²) >= 11 is 0. The molecule has 2 fully saturated rings. The quantitative estimate of drug-likeness (QED) is 0.116. The van der Waals surface area contributed by atoms with E-state index in [4.69, 9.17) is 24.6 Å². The third kappa shape index (κ3) is 5.87. The van der Waals surface area contributed by atoms with Gasteiger partial charge in [0.15, 0.2) is 18.7 Å². The molecule has 8 N–H and O–H groups in total. The molecule has 186 valence electrons. The number of hydrogen-bond acceptors (Lipinski definition) is 15. The molecular weight excluding hydrogens is 470 g/mol. The SMILES string of the molecule is CC(=O)N[C@@H]1[C@@H](O[C@H]2O[C@@H](C(=O)O)[C@H](O)[C@@H](O)[C@@H]2O)[C@@H](OS(=O)(=O)OO)[C@@H](CO)O[C@H]1O. The van der Waals surface area contributed by atoms with Crippen LogP contribution in [0.25, 0.3) is 0 Å². The fourth-order valence-corrected chi connectivity index (χ4v) is 3.75. The maximum Gasteiger partial charge on any atom is 0.426 e. The molecule has 2 aliphatic heterocycles. The molecule has 2 saturated heterocycles. The molecule has 2 aliphatic rings. The Morgan fingerprint density at radius 1 is 1.03 bits per heavy atom. The van der Waals surface area contributed by atoms with E-state index in [1.807, 2.05) is 0 Å². The monoisotopic (exact) mass is 493 g/mol. The Balaban J connectivity index is 2.44. The van der Waals surface area contributed by atoms with Gasteiger partial charge in [0.1, 0.15) is 42.7 Å². The number of nitrogens with one attached hydrogen (secondary N) is 1. The van der Waals surface area contributed by atoms with Crippen molar-refractivity contribution in [3.63, 3.8) is 0 Å². The second-order valence-corrected chi connectivity index (χ2v) is 8.01. The molecule has 0 bridgehead atoms. The van der Waals surface area contributed by atoms with Gasteiger partial charge in [-0.3, -0.25) is 4.79 Å². The fraction of sp³-hybridized carbons (Fsp3) is 0.857. The van der Waals surface area contributed by atoms with Crippen molar-refractivity contribution >= 4 is 22.3 Å². The average molecular weight is 493 g/mol. The van der Waals surface area contributed by atoms with Crippen molar-refractivity contribution in [2.45, 2.75) is 68.3 Å². The molecular formula is C14H23NO16S. The van der Waals surface area contributed by atoms with Crippen molar-refractivity contribution in [1.82, 2.24) is 5.32 Å². The highest BCUT2D eigenvalue weighted by Gasteiger charge is 2.54. The predicted molar refractivity (Wildman–Crippen MR) is 92.3 cm³/mol. The highest BCUT2D eigenvalue weighted by Crippen LogP contribution is 2.31. The molecule has 18 heteroatoms. The van der Waals surface area contributed by atoms with Gasteiger partial charge in [0, 0.05) is 6.92 Å². The first-order valence-corrected chi connectivity index (χ1v) is 10.2. The summed E-state index contributed by atoms with van der Waals surface area (Å²) in [5.74, 6) is -2.54.